The third kappa shape index (κ3) is 4.15. The number of nitrogens with one attached hydrogen (secondary N) is 1. The highest BCUT2D eigenvalue weighted by Gasteiger charge is 2.32. The molecule has 1 unspecified atom stereocenters. The van der Waals surface area contributed by atoms with Gasteiger partial charge in [-0.25, -0.2) is 5.01 Å². The minimum absolute atomic E-state index is 0.202. The van der Waals surface area contributed by atoms with Crippen molar-refractivity contribution in [2.75, 3.05) is 0 Å². The van der Waals surface area contributed by atoms with Crippen molar-refractivity contribution in [2.45, 2.75) is 11.9 Å². The first-order valence-corrected chi connectivity index (χ1v) is 11.0. The number of carbonyl (C=O) groups is 1. The van der Waals surface area contributed by atoms with Crippen LogP contribution in [0, 0.1) is 0 Å². The molecule has 2 aliphatic heterocycles. The van der Waals surface area contributed by atoms with Gasteiger partial charge in [0.25, 0.3) is 5.91 Å². The number of benzene rings is 2. The Balaban J connectivity index is 1.49. The van der Waals surface area contributed by atoms with Gasteiger partial charge >= 0.3 is 0 Å². The summed E-state index contributed by atoms with van der Waals surface area (Å²) in [6.07, 6.45) is 4.86. The molecule has 0 fully saturated rings. The van der Waals surface area contributed by atoms with Crippen molar-refractivity contribution < 1.29 is 9.21 Å². The molecule has 1 aromatic heterocycles. The molecule has 1 amide bonds. The van der Waals surface area contributed by atoms with Crippen molar-refractivity contribution in [3.63, 3.8) is 0 Å². The number of para-hydroxylation sites is 1. The Morgan fingerprint density at radius 2 is 1.97 bits per heavy atom. The van der Waals surface area contributed by atoms with E-state index >= 15 is 0 Å². The Kier molecular flexibility index (Phi) is 5.36. The molecule has 1 atom stereocenters. The highest BCUT2D eigenvalue weighted by molar-refractivity contribution is 8.13. The number of halogens is 1. The highest BCUT2D eigenvalue weighted by atomic mass is 35.5. The van der Waals surface area contributed by atoms with E-state index in [0.717, 1.165) is 16.1 Å². The number of nitrogens with zero attached hydrogens (tertiary/aromatic N) is 3. The van der Waals surface area contributed by atoms with Gasteiger partial charge in [-0.15, -0.1) is 5.10 Å². The molecular formula is C23H17ClN4O2S. The van der Waals surface area contributed by atoms with Crippen molar-refractivity contribution in [1.29, 1.82) is 0 Å². The SMILES string of the molecule is O=C1NC(SCc2ccc(Cl)cc2)=NN2C1=c1ccccc1=NC2/C=C/c1ccco1. The summed E-state index contributed by atoms with van der Waals surface area (Å²) in [4.78, 5) is 17.8. The fourth-order valence-electron chi connectivity index (χ4n) is 3.34. The molecular weight excluding hydrogens is 432 g/mol. The van der Waals surface area contributed by atoms with Crippen molar-refractivity contribution in [2.24, 2.45) is 10.1 Å². The van der Waals surface area contributed by atoms with Gasteiger partial charge < -0.3 is 4.42 Å². The highest BCUT2D eigenvalue weighted by Crippen LogP contribution is 2.24. The molecule has 5 rings (SSSR count). The van der Waals surface area contributed by atoms with Crippen LogP contribution in [0.25, 0.3) is 11.8 Å². The van der Waals surface area contributed by atoms with Gasteiger partial charge in [-0.3, -0.25) is 15.1 Å². The third-order valence-corrected chi connectivity index (χ3v) is 6.00. The van der Waals surface area contributed by atoms with Crippen LogP contribution in [0.15, 0.2) is 87.5 Å². The Hall–Kier alpha value is -3.29. The van der Waals surface area contributed by atoms with Gasteiger partial charge in [0.15, 0.2) is 11.3 Å². The number of hydrazone groups is 1. The number of thioether (sulfide) groups is 1. The number of hydrogen-bond acceptors (Lipinski definition) is 6. The number of amides is 1. The summed E-state index contributed by atoms with van der Waals surface area (Å²) >= 11 is 7.41. The predicted octanol–water partition coefficient (Wildman–Crippen LogP) is 3.35. The smallest absolute Gasteiger partial charge is 0.276 e. The van der Waals surface area contributed by atoms with E-state index in [1.165, 1.54) is 11.8 Å². The first-order chi connectivity index (χ1) is 15.2. The maximum atomic E-state index is 13.1. The van der Waals surface area contributed by atoms with Gasteiger partial charge in [0.2, 0.25) is 0 Å². The van der Waals surface area contributed by atoms with Gasteiger partial charge in [0.05, 0.1) is 11.6 Å². The molecule has 31 heavy (non-hydrogen) atoms. The third-order valence-electron chi connectivity index (χ3n) is 4.81. The number of rotatable bonds is 4. The lowest BCUT2D eigenvalue weighted by molar-refractivity contribution is -0.116. The quantitative estimate of drug-likeness (QED) is 0.664. The van der Waals surface area contributed by atoms with Crippen molar-refractivity contribution in [3.05, 3.63) is 99.9 Å². The largest absolute Gasteiger partial charge is 0.465 e. The summed E-state index contributed by atoms with van der Waals surface area (Å²) in [6.45, 7) is 0. The second kappa shape index (κ2) is 8.45. The van der Waals surface area contributed by atoms with Gasteiger partial charge in [0.1, 0.15) is 11.5 Å². The monoisotopic (exact) mass is 448 g/mol. The molecule has 8 heteroatoms. The summed E-state index contributed by atoms with van der Waals surface area (Å²) < 4.78 is 5.39. The zero-order chi connectivity index (χ0) is 21.2. The molecule has 3 aromatic rings. The van der Waals surface area contributed by atoms with Gasteiger partial charge in [0, 0.05) is 16.0 Å². The molecule has 1 N–H and O–H groups in total. The number of carbonyl (C=O) groups excluding carboxylic acids is 1. The summed E-state index contributed by atoms with van der Waals surface area (Å²) in [5.74, 6) is 1.16. The Morgan fingerprint density at radius 1 is 1.13 bits per heavy atom. The normalized spacial score (nSPS) is 17.6. The number of amidine groups is 1. The second-order valence-electron chi connectivity index (χ2n) is 6.90. The van der Waals surface area contributed by atoms with E-state index in [1.54, 1.807) is 11.3 Å². The second-order valence-corrected chi connectivity index (χ2v) is 8.30. The summed E-state index contributed by atoms with van der Waals surface area (Å²) in [7, 11) is 0. The van der Waals surface area contributed by atoms with Gasteiger partial charge in [-0.2, -0.15) is 0 Å². The number of fused-ring (bicyclic) bond motifs is 2. The first-order valence-electron chi connectivity index (χ1n) is 9.63. The molecule has 0 saturated heterocycles. The Labute approximate surface area is 187 Å². The van der Waals surface area contributed by atoms with E-state index in [4.69, 9.17) is 26.1 Å². The molecule has 0 radical (unpaired) electrons. The van der Waals surface area contributed by atoms with Crippen LogP contribution >= 0.6 is 23.4 Å². The van der Waals surface area contributed by atoms with E-state index in [-0.39, 0.29) is 5.91 Å². The number of furan rings is 1. The van der Waals surface area contributed by atoms with E-state index < -0.39 is 6.17 Å². The van der Waals surface area contributed by atoms with Crippen LogP contribution in [0.2, 0.25) is 5.02 Å². The van der Waals surface area contributed by atoms with Crippen molar-refractivity contribution in [3.8, 4) is 0 Å². The zero-order valence-corrected chi connectivity index (χ0v) is 17.8. The molecule has 0 aliphatic carbocycles. The summed E-state index contributed by atoms with van der Waals surface area (Å²) in [6, 6.07) is 18.9. The average Bonchev–Trinajstić information content (AvgIpc) is 3.30. The van der Waals surface area contributed by atoms with Crippen LogP contribution in [-0.4, -0.2) is 22.2 Å². The molecule has 2 aromatic carbocycles. The van der Waals surface area contributed by atoms with Crippen molar-refractivity contribution in [1.82, 2.24) is 10.3 Å². The van der Waals surface area contributed by atoms with E-state index in [9.17, 15) is 4.79 Å². The first kappa shape index (κ1) is 19.7. The molecule has 0 saturated carbocycles. The minimum atomic E-state index is -0.466. The average molecular weight is 449 g/mol. The molecule has 2 aliphatic rings. The minimum Gasteiger partial charge on any atom is -0.465 e. The zero-order valence-electron chi connectivity index (χ0n) is 16.2. The Morgan fingerprint density at radius 3 is 2.77 bits per heavy atom. The van der Waals surface area contributed by atoms with E-state index in [1.807, 2.05) is 72.8 Å². The molecule has 0 spiro atoms. The molecule has 3 heterocycles. The molecule has 0 bridgehead atoms. The fourth-order valence-corrected chi connectivity index (χ4v) is 4.28. The standard InChI is InChI=1S/C23H17ClN4O2S/c24-16-9-7-15(8-10-16)14-31-23-26-22(29)21-18-5-1-2-6-19(18)25-20(28(21)27-23)12-11-17-4-3-13-30-17/h1-13,20H,14H2,(H,26,27,29)/b12-11+. The fraction of sp³-hybridized carbons (Fsp3) is 0.0870. The predicted molar refractivity (Wildman–Crippen MR) is 122 cm³/mol. The lowest BCUT2D eigenvalue weighted by Gasteiger charge is -2.32. The topological polar surface area (TPSA) is 70.2 Å². The van der Waals surface area contributed by atoms with Crippen LogP contribution in [-0.2, 0) is 10.5 Å². The Bertz CT molecular complexity index is 1300. The van der Waals surface area contributed by atoms with Gasteiger partial charge in [-0.1, -0.05) is 53.7 Å². The summed E-state index contributed by atoms with van der Waals surface area (Å²) in [5, 5.41) is 12.0. The maximum Gasteiger partial charge on any atom is 0.276 e. The van der Waals surface area contributed by atoms with Crippen molar-refractivity contribution >= 4 is 46.2 Å². The lowest BCUT2D eigenvalue weighted by atomic mass is 10.1. The summed E-state index contributed by atoms with van der Waals surface area (Å²) in [5.41, 5.74) is 1.57. The maximum absolute atomic E-state index is 13.1. The number of hydrogen-bond donors (Lipinski definition) is 1. The van der Waals surface area contributed by atoms with Gasteiger partial charge in [-0.05, 0) is 48.0 Å². The van der Waals surface area contributed by atoms with E-state index in [2.05, 4.69) is 5.32 Å². The lowest BCUT2D eigenvalue weighted by Crippen LogP contribution is -2.52. The molecule has 6 nitrogen and oxygen atoms in total. The van der Waals surface area contributed by atoms with Crippen LogP contribution in [0.1, 0.15) is 11.3 Å². The van der Waals surface area contributed by atoms with E-state index in [0.29, 0.717) is 27.4 Å². The van der Waals surface area contributed by atoms with Crippen LogP contribution in [0.5, 0.6) is 0 Å². The van der Waals surface area contributed by atoms with Crippen LogP contribution in [0.3, 0.4) is 0 Å². The molecule has 154 valence electrons. The van der Waals surface area contributed by atoms with Crippen LogP contribution in [0.4, 0.5) is 0 Å². The van der Waals surface area contributed by atoms with Crippen LogP contribution < -0.4 is 15.9 Å².